The van der Waals surface area contributed by atoms with Crippen LogP contribution >= 0.6 is 0 Å². The van der Waals surface area contributed by atoms with Gasteiger partial charge in [0.25, 0.3) is 0 Å². The van der Waals surface area contributed by atoms with Crippen molar-refractivity contribution >= 4 is 5.97 Å². The fourth-order valence-corrected chi connectivity index (χ4v) is 3.21. The molecule has 2 aliphatic rings. The summed E-state index contributed by atoms with van der Waals surface area (Å²) in [7, 11) is 0. The Balaban J connectivity index is 1.75. The van der Waals surface area contributed by atoms with E-state index < -0.39 is 0 Å². The Morgan fingerprint density at radius 1 is 1.24 bits per heavy atom. The van der Waals surface area contributed by atoms with Gasteiger partial charge in [-0.05, 0) is 64.5 Å². The van der Waals surface area contributed by atoms with E-state index in [-0.39, 0.29) is 12.0 Å². The highest BCUT2D eigenvalue weighted by molar-refractivity contribution is 5.75. The van der Waals surface area contributed by atoms with Crippen molar-refractivity contribution in [1.29, 1.82) is 0 Å². The molecule has 0 spiro atoms. The van der Waals surface area contributed by atoms with Crippen LogP contribution in [0.15, 0.2) is 0 Å². The lowest BCUT2D eigenvalue weighted by Gasteiger charge is -2.23. The molecule has 0 aromatic rings. The number of hydrogen-bond acceptors (Lipinski definition) is 4. The molecule has 0 radical (unpaired) electrons. The maximum absolute atomic E-state index is 12.0. The largest absolute Gasteiger partial charge is 0.465 e. The molecule has 1 N–H and O–H groups in total. The van der Waals surface area contributed by atoms with Crippen LogP contribution in [0.3, 0.4) is 0 Å². The second-order valence-corrected chi connectivity index (χ2v) is 6.58. The van der Waals surface area contributed by atoms with E-state index in [0.29, 0.717) is 12.6 Å². The molecule has 0 amide bonds. The minimum Gasteiger partial charge on any atom is -0.465 e. The van der Waals surface area contributed by atoms with E-state index in [1.807, 2.05) is 6.92 Å². The number of rotatable bonds is 8. The van der Waals surface area contributed by atoms with Crippen molar-refractivity contribution in [2.75, 3.05) is 26.2 Å². The molecule has 0 aromatic heterocycles. The van der Waals surface area contributed by atoms with Gasteiger partial charge in [-0.1, -0.05) is 13.3 Å². The minimum atomic E-state index is -0.109. The van der Waals surface area contributed by atoms with Gasteiger partial charge in [-0.15, -0.1) is 0 Å². The van der Waals surface area contributed by atoms with Gasteiger partial charge in [-0.25, -0.2) is 0 Å². The number of ether oxygens (including phenoxy) is 1. The summed E-state index contributed by atoms with van der Waals surface area (Å²) in [5.74, 6) is 0.839. The average Bonchev–Trinajstić information content (AvgIpc) is 3.30. The van der Waals surface area contributed by atoms with Crippen molar-refractivity contribution < 1.29 is 9.53 Å². The van der Waals surface area contributed by atoms with Gasteiger partial charge in [0.1, 0.15) is 6.04 Å². The molecule has 1 heterocycles. The molecule has 2 atom stereocenters. The summed E-state index contributed by atoms with van der Waals surface area (Å²) in [6.07, 6.45) is 8.59. The molecule has 2 rings (SSSR count). The summed E-state index contributed by atoms with van der Waals surface area (Å²) in [6.45, 7) is 8.05. The molecule has 0 aromatic carbocycles. The molecule has 2 fully saturated rings. The predicted octanol–water partition coefficient (Wildman–Crippen LogP) is 2.57. The quantitative estimate of drug-likeness (QED) is 0.699. The Morgan fingerprint density at radius 2 is 2.05 bits per heavy atom. The van der Waals surface area contributed by atoms with Crippen molar-refractivity contribution in [2.45, 2.75) is 70.9 Å². The van der Waals surface area contributed by atoms with Gasteiger partial charge in [0.2, 0.25) is 0 Å². The Kier molecular flexibility index (Phi) is 6.97. The topological polar surface area (TPSA) is 41.6 Å². The molecule has 4 nitrogen and oxygen atoms in total. The number of nitrogens with one attached hydrogen (secondary N) is 1. The van der Waals surface area contributed by atoms with Crippen LogP contribution in [0.5, 0.6) is 0 Å². The molecule has 21 heavy (non-hydrogen) atoms. The van der Waals surface area contributed by atoms with E-state index in [9.17, 15) is 4.79 Å². The lowest BCUT2D eigenvalue weighted by molar-refractivity contribution is -0.146. The predicted molar refractivity (Wildman–Crippen MR) is 85.3 cm³/mol. The Morgan fingerprint density at radius 3 is 2.71 bits per heavy atom. The zero-order valence-corrected chi connectivity index (χ0v) is 13.8. The number of nitrogens with zero attached hydrogens (tertiary/aromatic N) is 1. The van der Waals surface area contributed by atoms with Crippen molar-refractivity contribution in [1.82, 2.24) is 10.2 Å². The highest BCUT2D eigenvalue weighted by Crippen LogP contribution is 2.22. The summed E-state index contributed by atoms with van der Waals surface area (Å²) < 4.78 is 5.21. The summed E-state index contributed by atoms with van der Waals surface area (Å²) in [5, 5.41) is 3.45. The summed E-state index contributed by atoms with van der Waals surface area (Å²) in [5.41, 5.74) is 0. The molecule has 122 valence electrons. The van der Waals surface area contributed by atoms with E-state index >= 15 is 0 Å². The zero-order valence-electron chi connectivity index (χ0n) is 13.8. The standard InChI is InChI=1S/C17H32N2O2/c1-3-14-6-5-11-19(12-9-14)13-10-16(17(20)21-4-2)18-15-7-8-15/h14-16,18H,3-13H2,1-2H3. The van der Waals surface area contributed by atoms with E-state index in [0.717, 1.165) is 18.9 Å². The van der Waals surface area contributed by atoms with E-state index in [1.54, 1.807) is 0 Å². The van der Waals surface area contributed by atoms with Crippen LogP contribution in [-0.2, 0) is 9.53 Å². The smallest absolute Gasteiger partial charge is 0.323 e. The monoisotopic (exact) mass is 296 g/mol. The maximum atomic E-state index is 12.0. The maximum Gasteiger partial charge on any atom is 0.323 e. The van der Waals surface area contributed by atoms with Crippen LogP contribution in [-0.4, -0.2) is 49.2 Å². The average molecular weight is 296 g/mol. The molecule has 2 unspecified atom stereocenters. The van der Waals surface area contributed by atoms with Crippen LogP contribution in [0, 0.1) is 5.92 Å². The lowest BCUT2D eigenvalue weighted by atomic mass is 9.98. The van der Waals surface area contributed by atoms with Crippen LogP contribution in [0.25, 0.3) is 0 Å². The summed E-state index contributed by atoms with van der Waals surface area (Å²) in [4.78, 5) is 14.6. The Bertz CT molecular complexity index is 318. The highest BCUT2D eigenvalue weighted by Gasteiger charge is 2.29. The summed E-state index contributed by atoms with van der Waals surface area (Å²) in [6, 6.07) is 0.440. The van der Waals surface area contributed by atoms with Gasteiger partial charge >= 0.3 is 5.97 Å². The second-order valence-electron chi connectivity index (χ2n) is 6.58. The molecule has 1 saturated heterocycles. The second kappa shape index (κ2) is 8.74. The molecule has 1 aliphatic heterocycles. The van der Waals surface area contributed by atoms with Crippen LogP contribution in [0.2, 0.25) is 0 Å². The van der Waals surface area contributed by atoms with Crippen LogP contribution < -0.4 is 5.32 Å². The van der Waals surface area contributed by atoms with Crippen molar-refractivity contribution in [3.63, 3.8) is 0 Å². The first-order valence-corrected chi connectivity index (χ1v) is 8.88. The van der Waals surface area contributed by atoms with Crippen LogP contribution in [0.1, 0.15) is 58.8 Å². The normalized spacial score (nSPS) is 25.3. The Labute approximate surface area is 129 Å². The highest BCUT2D eigenvalue weighted by atomic mass is 16.5. The number of carbonyl (C=O) groups excluding carboxylic acids is 1. The molecule has 4 heteroatoms. The first-order valence-electron chi connectivity index (χ1n) is 8.88. The van der Waals surface area contributed by atoms with Crippen molar-refractivity contribution in [3.05, 3.63) is 0 Å². The van der Waals surface area contributed by atoms with E-state index in [1.165, 1.54) is 51.6 Å². The number of esters is 1. The Hall–Kier alpha value is -0.610. The molecule has 1 saturated carbocycles. The van der Waals surface area contributed by atoms with Crippen molar-refractivity contribution in [3.8, 4) is 0 Å². The fraction of sp³-hybridized carbons (Fsp3) is 0.941. The SMILES string of the molecule is CCOC(=O)C(CCN1CCCC(CC)CC1)NC1CC1. The first kappa shape index (κ1) is 16.8. The molecule has 1 aliphatic carbocycles. The van der Waals surface area contributed by atoms with Gasteiger partial charge in [0, 0.05) is 12.6 Å². The van der Waals surface area contributed by atoms with Gasteiger partial charge < -0.3 is 15.0 Å². The molecule has 0 bridgehead atoms. The lowest BCUT2D eigenvalue weighted by Crippen LogP contribution is -2.42. The first-order chi connectivity index (χ1) is 10.2. The third kappa shape index (κ3) is 5.95. The minimum absolute atomic E-state index is 0.0642. The van der Waals surface area contributed by atoms with E-state index in [4.69, 9.17) is 4.74 Å². The van der Waals surface area contributed by atoms with Gasteiger partial charge in [-0.2, -0.15) is 0 Å². The van der Waals surface area contributed by atoms with Gasteiger partial charge in [0.15, 0.2) is 0 Å². The fourth-order valence-electron chi connectivity index (χ4n) is 3.21. The van der Waals surface area contributed by atoms with E-state index in [2.05, 4.69) is 17.1 Å². The third-order valence-electron chi connectivity index (χ3n) is 4.84. The zero-order chi connectivity index (χ0) is 15.1. The molecular weight excluding hydrogens is 264 g/mol. The van der Waals surface area contributed by atoms with Crippen molar-refractivity contribution in [2.24, 2.45) is 5.92 Å². The molecular formula is C17H32N2O2. The number of carbonyl (C=O) groups is 1. The van der Waals surface area contributed by atoms with Crippen LogP contribution in [0.4, 0.5) is 0 Å². The number of hydrogen-bond donors (Lipinski definition) is 1. The summed E-state index contributed by atoms with van der Waals surface area (Å²) >= 11 is 0. The number of likely N-dealkylation sites (tertiary alicyclic amines) is 1. The van der Waals surface area contributed by atoms with Gasteiger partial charge in [-0.3, -0.25) is 4.79 Å². The van der Waals surface area contributed by atoms with Gasteiger partial charge in [0.05, 0.1) is 6.61 Å². The third-order valence-corrected chi connectivity index (χ3v) is 4.84.